The third kappa shape index (κ3) is 5.69. The third-order valence-electron chi connectivity index (χ3n) is 2.69. The van der Waals surface area contributed by atoms with Gasteiger partial charge >= 0.3 is 6.09 Å². The molecule has 2 N–H and O–H groups in total. The lowest BCUT2D eigenvalue weighted by molar-refractivity contribution is -0.123. The summed E-state index contributed by atoms with van der Waals surface area (Å²) in [6.07, 6.45) is 3.30. The highest BCUT2D eigenvalue weighted by Gasteiger charge is 2.21. The molecule has 1 aromatic rings. The molecule has 0 aliphatic carbocycles. The van der Waals surface area contributed by atoms with Gasteiger partial charge in [0, 0.05) is 18.9 Å². The fourth-order valence-corrected chi connectivity index (χ4v) is 1.72. The zero-order valence-corrected chi connectivity index (χ0v) is 12.1. The van der Waals surface area contributed by atoms with Crippen LogP contribution in [-0.2, 0) is 16.1 Å². The molecule has 0 aliphatic rings. The second kappa shape index (κ2) is 8.14. The molecule has 6 heteroatoms. The molecule has 6 nitrogen and oxygen atoms in total. The molecule has 0 saturated heterocycles. The average Bonchev–Trinajstić information content (AvgIpc) is 2.44. The second-order valence-corrected chi connectivity index (χ2v) is 4.90. The standard InChI is InChI=1S/C14H21N3O3/c1-10(2)7-12(17-14(19)20-3)13(18)16-9-11-5-4-6-15-8-11/h4-6,8,10,12H,7,9H2,1-3H3,(H,16,18)(H,17,19)/t12-/m1/s1. The number of hydrogen-bond donors (Lipinski definition) is 2. The smallest absolute Gasteiger partial charge is 0.407 e. The number of ether oxygens (including phenoxy) is 1. The van der Waals surface area contributed by atoms with Crippen molar-refractivity contribution in [3.05, 3.63) is 30.1 Å². The van der Waals surface area contributed by atoms with Crippen molar-refractivity contribution in [1.29, 1.82) is 0 Å². The van der Waals surface area contributed by atoms with Gasteiger partial charge in [0.2, 0.25) is 5.91 Å². The fraction of sp³-hybridized carbons (Fsp3) is 0.500. The van der Waals surface area contributed by atoms with E-state index < -0.39 is 12.1 Å². The van der Waals surface area contributed by atoms with Gasteiger partial charge in [-0.05, 0) is 24.0 Å². The molecular formula is C14H21N3O3. The quantitative estimate of drug-likeness (QED) is 0.826. The Morgan fingerprint density at radius 3 is 2.70 bits per heavy atom. The van der Waals surface area contributed by atoms with Gasteiger partial charge in [0.25, 0.3) is 0 Å². The van der Waals surface area contributed by atoms with Crippen molar-refractivity contribution in [1.82, 2.24) is 15.6 Å². The first-order valence-electron chi connectivity index (χ1n) is 6.54. The monoisotopic (exact) mass is 279 g/mol. The summed E-state index contributed by atoms with van der Waals surface area (Å²) in [5.74, 6) is 0.0502. The SMILES string of the molecule is COC(=O)N[C@H](CC(C)C)C(=O)NCc1cccnc1. The van der Waals surface area contributed by atoms with Crippen LogP contribution in [0.4, 0.5) is 4.79 Å². The summed E-state index contributed by atoms with van der Waals surface area (Å²) in [7, 11) is 1.27. The number of rotatable bonds is 6. The van der Waals surface area contributed by atoms with Gasteiger partial charge < -0.3 is 15.4 Å². The van der Waals surface area contributed by atoms with Crippen LogP contribution in [0.25, 0.3) is 0 Å². The molecule has 1 aromatic heterocycles. The molecule has 1 heterocycles. The van der Waals surface area contributed by atoms with E-state index in [2.05, 4.69) is 20.4 Å². The number of hydrogen-bond acceptors (Lipinski definition) is 4. The van der Waals surface area contributed by atoms with Crippen molar-refractivity contribution >= 4 is 12.0 Å². The van der Waals surface area contributed by atoms with E-state index in [-0.39, 0.29) is 11.8 Å². The van der Waals surface area contributed by atoms with Crippen LogP contribution in [0, 0.1) is 5.92 Å². The number of pyridine rings is 1. The van der Waals surface area contributed by atoms with E-state index in [0.717, 1.165) is 5.56 Å². The molecule has 1 rings (SSSR count). The maximum Gasteiger partial charge on any atom is 0.407 e. The normalized spacial score (nSPS) is 11.8. The number of carbonyl (C=O) groups excluding carboxylic acids is 2. The number of carbonyl (C=O) groups is 2. The number of alkyl carbamates (subject to hydrolysis) is 1. The third-order valence-corrected chi connectivity index (χ3v) is 2.69. The summed E-state index contributed by atoms with van der Waals surface area (Å²) >= 11 is 0. The summed E-state index contributed by atoms with van der Waals surface area (Å²) in [6.45, 7) is 4.35. The number of nitrogens with one attached hydrogen (secondary N) is 2. The summed E-state index contributed by atoms with van der Waals surface area (Å²) in [5.41, 5.74) is 0.905. The van der Waals surface area contributed by atoms with Crippen molar-refractivity contribution in [2.45, 2.75) is 32.9 Å². The summed E-state index contributed by atoms with van der Waals surface area (Å²) in [4.78, 5) is 27.3. The van der Waals surface area contributed by atoms with E-state index in [1.165, 1.54) is 7.11 Å². The van der Waals surface area contributed by atoms with Crippen LogP contribution in [0.1, 0.15) is 25.8 Å². The van der Waals surface area contributed by atoms with Crippen LogP contribution >= 0.6 is 0 Å². The number of methoxy groups -OCH3 is 1. The molecule has 20 heavy (non-hydrogen) atoms. The lowest BCUT2D eigenvalue weighted by Crippen LogP contribution is -2.47. The molecule has 0 spiro atoms. The van der Waals surface area contributed by atoms with Crippen molar-refractivity contribution in [2.24, 2.45) is 5.92 Å². The summed E-state index contributed by atoms with van der Waals surface area (Å²) in [5, 5.41) is 5.33. The number of amides is 2. The Morgan fingerprint density at radius 2 is 2.15 bits per heavy atom. The second-order valence-electron chi connectivity index (χ2n) is 4.90. The van der Waals surface area contributed by atoms with Crippen LogP contribution in [0.2, 0.25) is 0 Å². The minimum Gasteiger partial charge on any atom is -0.453 e. The van der Waals surface area contributed by atoms with Crippen molar-refractivity contribution in [2.75, 3.05) is 7.11 Å². The Labute approximate surface area is 118 Å². The van der Waals surface area contributed by atoms with E-state index in [1.54, 1.807) is 18.5 Å². The highest BCUT2D eigenvalue weighted by Crippen LogP contribution is 2.06. The molecule has 0 aliphatic heterocycles. The number of aromatic nitrogens is 1. The summed E-state index contributed by atoms with van der Waals surface area (Å²) < 4.78 is 4.54. The Kier molecular flexibility index (Phi) is 6.49. The predicted molar refractivity (Wildman–Crippen MR) is 74.9 cm³/mol. The Morgan fingerprint density at radius 1 is 1.40 bits per heavy atom. The minimum atomic E-state index is -0.604. The molecule has 110 valence electrons. The molecule has 0 bridgehead atoms. The average molecular weight is 279 g/mol. The van der Waals surface area contributed by atoms with Crippen molar-refractivity contribution < 1.29 is 14.3 Å². The fourth-order valence-electron chi connectivity index (χ4n) is 1.72. The van der Waals surface area contributed by atoms with Gasteiger partial charge in [0.15, 0.2) is 0 Å². The molecular weight excluding hydrogens is 258 g/mol. The highest BCUT2D eigenvalue weighted by atomic mass is 16.5. The van der Waals surface area contributed by atoms with Gasteiger partial charge in [0.05, 0.1) is 7.11 Å². The predicted octanol–water partition coefficient (Wildman–Crippen LogP) is 1.47. The van der Waals surface area contributed by atoms with Gasteiger partial charge in [-0.1, -0.05) is 19.9 Å². The topological polar surface area (TPSA) is 80.3 Å². The van der Waals surface area contributed by atoms with E-state index in [0.29, 0.717) is 13.0 Å². The number of nitrogens with zero attached hydrogens (tertiary/aromatic N) is 1. The molecule has 0 fully saturated rings. The maximum atomic E-state index is 12.1. The molecule has 2 amide bonds. The maximum absolute atomic E-state index is 12.1. The lowest BCUT2D eigenvalue weighted by Gasteiger charge is -2.19. The van der Waals surface area contributed by atoms with Crippen LogP contribution < -0.4 is 10.6 Å². The lowest BCUT2D eigenvalue weighted by atomic mass is 10.0. The Bertz CT molecular complexity index is 435. The van der Waals surface area contributed by atoms with Crippen molar-refractivity contribution in [3.63, 3.8) is 0 Å². The molecule has 1 atom stereocenters. The zero-order valence-electron chi connectivity index (χ0n) is 12.1. The first-order valence-corrected chi connectivity index (χ1v) is 6.54. The molecule has 0 radical (unpaired) electrons. The Balaban J connectivity index is 2.56. The van der Waals surface area contributed by atoms with Gasteiger partial charge in [-0.25, -0.2) is 4.79 Å². The largest absolute Gasteiger partial charge is 0.453 e. The van der Waals surface area contributed by atoms with Gasteiger partial charge in [0.1, 0.15) is 6.04 Å². The van der Waals surface area contributed by atoms with E-state index in [1.807, 2.05) is 19.9 Å². The molecule has 0 aromatic carbocycles. The van der Waals surface area contributed by atoms with E-state index in [9.17, 15) is 9.59 Å². The zero-order chi connectivity index (χ0) is 15.0. The minimum absolute atomic E-state index is 0.229. The Hall–Kier alpha value is -2.11. The van der Waals surface area contributed by atoms with Crippen LogP contribution in [0.15, 0.2) is 24.5 Å². The highest BCUT2D eigenvalue weighted by molar-refractivity contribution is 5.85. The first-order chi connectivity index (χ1) is 9.52. The van der Waals surface area contributed by atoms with E-state index in [4.69, 9.17) is 0 Å². The van der Waals surface area contributed by atoms with Crippen LogP contribution in [-0.4, -0.2) is 30.1 Å². The van der Waals surface area contributed by atoms with Crippen LogP contribution in [0.5, 0.6) is 0 Å². The van der Waals surface area contributed by atoms with Gasteiger partial charge in [-0.2, -0.15) is 0 Å². The van der Waals surface area contributed by atoms with Crippen molar-refractivity contribution in [3.8, 4) is 0 Å². The van der Waals surface area contributed by atoms with E-state index >= 15 is 0 Å². The van der Waals surface area contributed by atoms with Gasteiger partial charge in [-0.15, -0.1) is 0 Å². The molecule has 0 unspecified atom stereocenters. The van der Waals surface area contributed by atoms with Gasteiger partial charge in [-0.3, -0.25) is 9.78 Å². The summed E-state index contributed by atoms with van der Waals surface area (Å²) in [6, 6.07) is 3.08. The first kappa shape index (κ1) is 15.9. The molecule has 0 saturated carbocycles. The van der Waals surface area contributed by atoms with Crippen LogP contribution in [0.3, 0.4) is 0 Å².